The summed E-state index contributed by atoms with van der Waals surface area (Å²) in [6.07, 6.45) is 0.107. The van der Waals surface area contributed by atoms with Gasteiger partial charge in [0.1, 0.15) is 0 Å². The number of anilines is 1. The Morgan fingerprint density at radius 1 is 1.45 bits per heavy atom. The normalized spacial score (nSPS) is 17.0. The number of aliphatic hydroxyl groups is 1. The van der Waals surface area contributed by atoms with E-state index in [4.69, 9.17) is 10.5 Å². The Balaban J connectivity index is 1.86. The summed E-state index contributed by atoms with van der Waals surface area (Å²) >= 11 is 0. The number of aryl methyl sites for hydroxylation is 1. The summed E-state index contributed by atoms with van der Waals surface area (Å²) in [5, 5.41) is 10.1. The van der Waals surface area contributed by atoms with Gasteiger partial charge in [-0.05, 0) is 30.5 Å². The first-order chi connectivity index (χ1) is 9.58. The molecule has 1 aliphatic heterocycles. The maximum Gasteiger partial charge on any atom is 0.222 e. The highest BCUT2D eigenvalue weighted by Gasteiger charge is 2.18. The molecule has 0 radical (unpaired) electrons. The molecule has 3 N–H and O–H groups in total. The number of benzene rings is 1. The molecular formula is C15H22N2O3. The van der Waals surface area contributed by atoms with Gasteiger partial charge in [0.2, 0.25) is 5.91 Å². The third-order valence-corrected chi connectivity index (χ3v) is 3.68. The first-order valence-electron chi connectivity index (χ1n) is 6.97. The van der Waals surface area contributed by atoms with Crippen molar-refractivity contribution >= 4 is 11.6 Å². The number of rotatable bonds is 4. The van der Waals surface area contributed by atoms with Gasteiger partial charge in [0.15, 0.2) is 0 Å². The summed E-state index contributed by atoms with van der Waals surface area (Å²) < 4.78 is 5.21. The van der Waals surface area contributed by atoms with Gasteiger partial charge in [-0.3, -0.25) is 4.79 Å². The first kappa shape index (κ1) is 14.8. The Labute approximate surface area is 119 Å². The second kappa shape index (κ2) is 6.72. The minimum atomic E-state index is -0.650. The largest absolute Gasteiger partial charge is 0.399 e. The standard InChI is InChI=1S/C15H22N2O3/c1-11-2-3-12(10-13(11)16)14(18)4-5-15(19)17-6-8-20-9-7-17/h2-3,10,14,18H,4-9,16H2,1H3. The summed E-state index contributed by atoms with van der Waals surface area (Å²) in [5.74, 6) is 0.0763. The number of aliphatic hydroxyl groups excluding tert-OH is 1. The van der Waals surface area contributed by atoms with Crippen molar-refractivity contribution in [3.63, 3.8) is 0 Å². The summed E-state index contributed by atoms with van der Waals surface area (Å²) in [4.78, 5) is 13.8. The molecule has 1 atom stereocenters. The van der Waals surface area contributed by atoms with Crippen LogP contribution in [-0.4, -0.2) is 42.2 Å². The molecule has 0 aromatic heterocycles. The molecule has 1 fully saturated rings. The lowest BCUT2D eigenvalue weighted by atomic mass is 10.0. The topological polar surface area (TPSA) is 75.8 Å². The average Bonchev–Trinajstić information content (AvgIpc) is 2.48. The van der Waals surface area contributed by atoms with E-state index in [1.54, 1.807) is 11.0 Å². The number of hydrogen-bond donors (Lipinski definition) is 2. The van der Waals surface area contributed by atoms with Gasteiger partial charge >= 0.3 is 0 Å². The summed E-state index contributed by atoms with van der Waals surface area (Å²) in [6, 6.07) is 5.52. The molecule has 0 aliphatic carbocycles. The van der Waals surface area contributed by atoms with Crippen LogP contribution in [-0.2, 0) is 9.53 Å². The van der Waals surface area contributed by atoms with Gasteiger partial charge < -0.3 is 20.5 Å². The quantitative estimate of drug-likeness (QED) is 0.813. The third-order valence-electron chi connectivity index (χ3n) is 3.68. The molecule has 1 aromatic carbocycles. The second-order valence-corrected chi connectivity index (χ2v) is 5.16. The zero-order chi connectivity index (χ0) is 14.5. The van der Waals surface area contributed by atoms with E-state index in [2.05, 4.69) is 0 Å². The van der Waals surface area contributed by atoms with E-state index in [9.17, 15) is 9.90 Å². The van der Waals surface area contributed by atoms with Crippen LogP contribution in [0.5, 0.6) is 0 Å². The predicted octanol–water partition coefficient (Wildman–Crippen LogP) is 1.25. The molecule has 5 nitrogen and oxygen atoms in total. The van der Waals surface area contributed by atoms with Crippen molar-refractivity contribution in [2.45, 2.75) is 25.9 Å². The monoisotopic (exact) mass is 278 g/mol. The third kappa shape index (κ3) is 3.71. The number of ether oxygens (including phenoxy) is 1. The molecule has 2 rings (SSSR count). The number of carbonyl (C=O) groups is 1. The number of amides is 1. The summed E-state index contributed by atoms with van der Waals surface area (Å²) in [5.41, 5.74) is 8.26. The number of nitrogens with zero attached hydrogens (tertiary/aromatic N) is 1. The SMILES string of the molecule is Cc1ccc(C(O)CCC(=O)N2CCOCC2)cc1N. The van der Waals surface area contributed by atoms with Crippen LogP contribution in [0.25, 0.3) is 0 Å². The summed E-state index contributed by atoms with van der Waals surface area (Å²) in [6.45, 7) is 4.41. The molecule has 110 valence electrons. The fourth-order valence-electron chi connectivity index (χ4n) is 2.26. The average molecular weight is 278 g/mol. The van der Waals surface area contributed by atoms with Gasteiger partial charge in [-0.15, -0.1) is 0 Å². The van der Waals surface area contributed by atoms with E-state index in [-0.39, 0.29) is 5.91 Å². The fourth-order valence-corrected chi connectivity index (χ4v) is 2.26. The molecular weight excluding hydrogens is 256 g/mol. The van der Waals surface area contributed by atoms with Gasteiger partial charge in [0, 0.05) is 25.2 Å². The van der Waals surface area contributed by atoms with Gasteiger partial charge in [0.05, 0.1) is 19.3 Å². The Morgan fingerprint density at radius 2 is 2.15 bits per heavy atom. The van der Waals surface area contributed by atoms with Gasteiger partial charge in [0.25, 0.3) is 0 Å². The Morgan fingerprint density at radius 3 is 2.80 bits per heavy atom. The van der Waals surface area contributed by atoms with E-state index in [1.807, 2.05) is 19.1 Å². The van der Waals surface area contributed by atoms with Crippen LogP contribution in [0.3, 0.4) is 0 Å². The van der Waals surface area contributed by atoms with Crippen molar-refractivity contribution in [2.75, 3.05) is 32.0 Å². The van der Waals surface area contributed by atoms with Gasteiger partial charge in [-0.25, -0.2) is 0 Å². The van der Waals surface area contributed by atoms with E-state index in [0.717, 1.165) is 11.1 Å². The maximum atomic E-state index is 12.0. The minimum absolute atomic E-state index is 0.0763. The highest BCUT2D eigenvalue weighted by molar-refractivity contribution is 5.76. The fraction of sp³-hybridized carbons (Fsp3) is 0.533. The number of nitrogens with two attached hydrogens (primary N) is 1. The first-order valence-corrected chi connectivity index (χ1v) is 6.97. The van der Waals surface area contributed by atoms with E-state index >= 15 is 0 Å². The van der Waals surface area contributed by atoms with Crippen LogP contribution in [0.2, 0.25) is 0 Å². The molecule has 1 aromatic rings. The highest BCUT2D eigenvalue weighted by Crippen LogP contribution is 2.22. The van der Waals surface area contributed by atoms with Crippen molar-refractivity contribution in [1.29, 1.82) is 0 Å². The van der Waals surface area contributed by atoms with Crippen LogP contribution in [0.4, 0.5) is 5.69 Å². The van der Waals surface area contributed by atoms with Gasteiger partial charge in [-0.1, -0.05) is 12.1 Å². The molecule has 5 heteroatoms. The minimum Gasteiger partial charge on any atom is -0.399 e. The molecule has 1 heterocycles. The Bertz CT molecular complexity index is 470. The van der Waals surface area contributed by atoms with E-state index < -0.39 is 6.10 Å². The molecule has 20 heavy (non-hydrogen) atoms. The zero-order valence-electron chi connectivity index (χ0n) is 11.8. The number of morpholine rings is 1. The lowest BCUT2D eigenvalue weighted by molar-refractivity contribution is -0.135. The highest BCUT2D eigenvalue weighted by atomic mass is 16.5. The zero-order valence-corrected chi connectivity index (χ0v) is 11.8. The Kier molecular flexibility index (Phi) is 4.98. The molecule has 1 saturated heterocycles. The van der Waals surface area contributed by atoms with Crippen LogP contribution >= 0.6 is 0 Å². The lowest BCUT2D eigenvalue weighted by Crippen LogP contribution is -2.40. The molecule has 0 spiro atoms. The number of carbonyl (C=O) groups excluding carboxylic acids is 1. The van der Waals surface area contributed by atoms with E-state index in [0.29, 0.717) is 44.8 Å². The van der Waals surface area contributed by atoms with Crippen molar-refractivity contribution < 1.29 is 14.6 Å². The maximum absolute atomic E-state index is 12.0. The second-order valence-electron chi connectivity index (χ2n) is 5.16. The molecule has 0 bridgehead atoms. The van der Waals surface area contributed by atoms with Crippen molar-refractivity contribution in [2.24, 2.45) is 0 Å². The van der Waals surface area contributed by atoms with Crippen LogP contribution in [0.1, 0.15) is 30.1 Å². The number of hydrogen-bond acceptors (Lipinski definition) is 4. The number of nitrogen functional groups attached to an aromatic ring is 1. The van der Waals surface area contributed by atoms with E-state index in [1.165, 1.54) is 0 Å². The van der Waals surface area contributed by atoms with Crippen molar-refractivity contribution in [3.8, 4) is 0 Å². The summed E-state index contributed by atoms with van der Waals surface area (Å²) in [7, 11) is 0. The lowest BCUT2D eigenvalue weighted by Gasteiger charge is -2.27. The molecule has 0 saturated carbocycles. The van der Waals surface area contributed by atoms with Crippen LogP contribution in [0.15, 0.2) is 18.2 Å². The Hall–Kier alpha value is -1.59. The van der Waals surface area contributed by atoms with Crippen molar-refractivity contribution in [1.82, 2.24) is 4.90 Å². The molecule has 1 unspecified atom stereocenters. The molecule has 1 amide bonds. The van der Waals surface area contributed by atoms with Crippen LogP contribution < -0.4 is 5.73 Å². The van der Waals surface area contributed by atoms with Crippen LogP contribution in [0, 0.1) is 6.92 Å². The predicted molar refractivity (Wildman–Crippen MR) is 77.2 cm³/mol. The molecule has 1 aliphatic rings. The smallest absolute Gasteiger partial charge is 0.222 e. The van der Waals surface area contributed by atoms with Gasteiger partial charge in [-0.2, -0.15) is 0 Å². The van der Waals surface area contributed by atoms with Crippen molar-refractivity contribution in [3.05, 3.63) is 29.3 Å².